The predicted molar refractivity (Wildman–Crippen MR) is 84.5 cm³/mol. The lowest BCUT2D eigenvalue weighted by Crippen LogP contribution is -1.93. The summed E-state index contributed by atoms with van der Waals surface area (Å²) in [4.78, 5) is 0. The molecule has 0 aliphatic rings. The molecule has 2 heteroatoms. The largest absolute Gasteiger partial charge is 0.398 e. The zero-order valence-electron chi connectivity index (χ0n) is 11.5. The topological polar surface area (TPSA) is 52.0 Å². The van der Waals surface area contributed by atoms with E-state index >= 15 is 0 Å². The minimum Gasteiger partial charge on any atom is -0.398 e. The van der Waals surface area contributed by atoms with Crippen molar-refractivity contribution in [3.63, 3.8) is 0 Å². The SMILES string of the molecule is Cc1cc2c(C)c3cc(C)c(N)cc3cc2cc1N. The van der Waals surface area contributed by atoms with Crippen molar-refractivity contribution in [3.05, 3.63) is 47.0 Å². The molecule has 0 bridgehead atoms. The van der Waals surface area contributed by atoms with Gasteiger partial charge in [0.1, 0.15) is 0 Å². The highest BCUT2D eigenvalue weighted by atomic mass is 14.6. The Morgan fingerprint density at radius 1 is 0.632 bits per heavy atom. The van der Waals surface area contributed by atoms with Crippen LogP contribution >= 0.6 is 0 Å². The number of anilines is 2. The first-order valence-electron chi connectivity index (χ1n) is 6.46. The Balaban J connectivity index is 2.52. The molecule has 3 rings (SSSR count). The molecule has 3 aromatic rings. The quantitative estimate of drug-likeness (QED) is 0.466. The van der Waals surface area contributed by atoms with E-state index in [0.717, 1.165) is 22.5 Å². The van der Waals surface area contributed by atoms with Crippen molar-refractivity contribution >= 4 is 32.9 Å². The molecule has 0 saturated heterocycles. The molecule has 0 unspecified atom stereocenters. The smallest absolute Gasteiger partial charge is 0.0350 e. The van der Waals surface area contributed by atoms with Crippen LogP contribution in [0.15, 0.2) is 30.3 Å². The van der Waals surface area contributed by atoms with Crippen molar-refractivity contribution in [2.24, 2.45) is 0 Å². The minimum absolute atomic E-state index is 0.839. The molecule has 0 spiro atoms. The third kappa shape index (κ3) is 1.72. The van der Waals surface area contributed by atoms with E-state index in [4.69, 9.17) is 11.5 Å². The molecule has 0 aliphatic heterocycles. The van der Waals surface area contributed by atoms with Crippen LogP contribution in [0.5, 0.6) is 0 Å². The van der Waals surface area contributed by atoms with Gasteiger partial charge in [0.25, 0.3) is 0 Å². The predicted octanol–water partition coefficient (Wildman–Crippen LogP) is 4.08. The first-order valence-corrected chi connectivity index (χ1v) is 6.46. The molecular formula is C17H18N2. The fourth-order valence-electron chi connectivity index (χ4n) is 2.69. The van der Waals surface area contributed by atoms with Gasteiger partial charge in [-0.25, -0.2) is 0 Å². The van der Waals surface area contributed by atoms with Gasteiger partial charge in [-0.05, 0) is 89.3 Å². The standard InChI is InChI=1S/C17H18N2/c1-9-4-14-11(3)15-5-10(2)17(19)8-13(15)6-12(14)7-16(9)18/h4-8H,18-19H2,1-3H3. The fourth-order valence-corrected chi connectivity index (χ4v) is 2.69. The normalized spacial score (nSPS) is 11.3. The van der Waals surface area contributed by atoms with E-state index in [1.807, 2.05) is 26.0 Å². The van der Waals surface area contributed by atoms with Gasteiger partial charge >= 0.3 is 0 Å². The third-order valence-corrected chi connectivity index (χ3v) is 4.00. The van der Waals surface area contributed by atoms with E-state index in [0.29, 0.717) is 0 Å². The second-order valence-corrected chi connectivity index (χ2v) is 5.36. The van der Waals surface area contributed by atoms with Crippen LogP contribution in [0.4, 0.5) is 11.4 Å². The van der Waals surface area contributed by atoms with E-state index in [1.165, 1.54) is 27.1 Å². The summed E-state index contributed by atoms with van der Waals surface area (Å²) in [5.41, 5.74) is 17.2. The molecule has 0 atom stereocenters. The van der Waals surface area contributed by atoms with Crippen LogP contribution in [0.25, 0.3) is 21.5 Å². The Bertz CT molecular complexity index is 751. The van der Waals surface area contributed by atoms with Crippen LogP contribution in [0, 0.1) is 20.8 Å². The van der Waals surface area contributed by atoms with Crippen molar-refractivity contribution in [2.45, 2.75) is 20.8 Å². The molecule has 96 valence electrons. The molecular weight excluding hydrogens is 232 g/mol. The zero-order chi connectivity index (χ0) is 13.7. The second-order valence-electron chi connectivity index (χ2n) is 5.36. The van der Waals surface area contributed by atoms with Crippen molar-refractivity contribution < 1.29 is 0 Å². The summed E-state index contributed by atoms with van der Waals surface area (Å²) in [6.07, 6.45) is 0. The van der Waals surface area contributed by atoms with Gasteiger partial charge < -0.3 is 11.5 Å². The second kappa shape index (κ2) is 3.89. The number of aryl methyl sites for hydroxylation is 3. The summed E-state index contributed by atoms with van der Waals surface area (Å²) in [5, 5.41) is 4.89. The van der Waals surface area contributed by atoms with Gasteiger partial charge in [-0.2, -0.15) is 0 Å². The van der Waals surface area contributed by atoms with Crippen molar-refractivity contribution in [1.29, 1.82) is 0 Å². The average Bonchev–Trinajstić information content (AvgIpc) is 2.35. The lowest BCUT2D eigenvalue weighted by atomic mass is 9.94. The van der Waals surface area contributed by atoms with Crippen LogP contribution in [0.2, 0.25) is 0 Å². The van der Waals surface area contributed by atoms with E-state index in [-0.39, 0.29) is 0 Å². The molecule has 3 aromatic carbocycles. The molecule has 0 heterocycles. The average molecular weight is 250 g/mol. The van der Waals surface area contributed by atoms with Crippen LogP contribution in [-0.2, 0) is 0 Å². The van der Waals surface area contributed by atoms with Gasteiger partial charge in [0.05, 0.1) is 0 Å². The summed E-state index contributed by atoms with van der Waals surface area (Å²) in [5.74, 6) is 0. The van der Waals surface area contributed by atoms with Gasteiger partial charge in [-0.3, -0.25) is 0 Å². The maximum absolute atomic E-state index is 6.01. The number of hydrogen-bond donors (Lipinski definition) is 2. The minimum atomic E-state index is 0.839. The van der Waals surface area contributed by atoms with Crippen LogP contribution in [0.1, 0.15) is 16.7 Å². The number of nitrogen functional groups attached to an aromatic ring is 2. The molecule has 0 aromatic heterocycles. The highest BCUT2D eigenvalue weighted by Gasteiger charge is 2.07. The van der Waals surface area contributed by atoms with E-state index < -0.39 is 0 Å². The molecule has 0 radical (unpaired) electrons. The maximum atomic E-state index is 6.01. The Morgan fingerprint density at radius 2 is 1.05 bits per heavy atom. The Labute approximate surface area is 113 Å². The summed E-state index contributed by atoms with van der Waals surface area (Å²) in [6.45, 7) is 6.26. The molecule has 0 amide bonds. The summed E-state index contributed by atoms with van der Waals surface area (Å²) < 4.78 is 0. The Morgan fingerprint density at radius 3 is 1.47 bits per heavy atom. The molecule has 0 saturated carbocycles. The summed E-state index contributed by atoms with van der Waals surface area (Å²) in [6, 6.07) is 10.6. The van der Waals surface area contributed by atoms with Gasteiger partial charge in [0, 0.05) is 11.4 Å². The van der Waals surface area contributed by atoms with Crippen molar-refractivity contribution in [1.82, 2.24) is 0 Å². The fraction of sp³-hybridized carbons (Fsp3) is 0.176. The number of hydrogen-bond acceptors (Lipinski definition) is 2. The summed E-state index contributed by atoms with van der Waals surface area (Å²) >= 11 is 0. The third-order valence-electron chi connectivity index (χ3n) is 4.00. The van der Waals surface area contributed by atoms with Crippen LogP contribution < -0.4 is 11.5 Å². The van der Waals surface area contributed by atoms with Crippen LogP contribution in [0.3, 0.4) is 0 Å². The number of nitrogens with two attached hydrogens (primary N) is 2. The molecule has 4 N–H and O–H groups in total. The zero-order valence-corrected chi connectivity index (χ0v) is 11.5. The lowest BCUT2D eigenvalue weighted by Gasteiger charge is -2.12. The molecule has 2 nitrogen and oxygen atoms in total. The maximum Gasteiger partial charge on any atom is 0.0350 e. The monoisotopic (exact) mass is 250 g/mol. The number of rotatable bonds is 0. The Hall–Kier alpha value is -2.22. The highest BCUT2D eigenvalue weighted by molar-refractivity contribution is 6.04. The van der Waals surface area contributed by atoms with Gasteiger partial charge in [0.15, 0.2) is 0 Å². The highest BCUT2D eigenvalue weighted by Crippen LogP contribution is 2.32. The van der Waals surface area contributed by atoms with Gasteiger partial charge in [0.2, 0.25) is 0 Å². The van der Waals surface area contributed by atoms with Gasteiger partial charge in [-0.15, -0.1) is 0 Å². The number of fused-ring (bicyclic) bond motifs is 2. The molecule has 0 aliphatic carbocycles. The van der Waals surface area contributed by atoms with Crippen LogP contribution in [-0.4, -0.2) is 0 Å². The lowest BCUT2D eigenvalue weighted by molar-refractivity contribution is 1.47. The molecule has 0 fully saturated rings. The van der Waals surface area contributed by atoms with Gasteiger partial charge in [-0.1, -0.05) is 0 Å². The van der Waals surface area contributed by atoms with Crippen molar-refractivity contribution in [3.8, 4) is 0 Å². The summed E-state index contributed by atoms with van der Waals surface area (Å²) in [7, 11) is 0. The Kier molecular flexibility index (Phi) is 2.42. The van der Waals surface area contributed by atoms with E-state index in [9.17, 15) is 0 Å². The first kappa shape index (κ1) is 11.8. The number of benzene rings is 3. The van der Waals surface area contributed by atoms with Crippen molar-refractivity contribution in [2.75, 3.05) is 11.5 Å². The van der Waals surface area contributed by atoms with E-state index in [1.54, 1.807) is 0 Å². The first-order chi connectivity index (χ1) is 8.97. The van der Waals surface area contributed by atoms with E-state index in [2.05, 4.69) is 25.1 Å². The molecule has 19 heavy (non-hydrogen) atoms.